The van der Waals surface area contributed by atoms with Gasteiger partial charge in [-0.1, -0.05) is 22.8 Å². The van der Waals surface area contributed by atoms with Crippen LogP contribution in [0.1, 0.15) is 16.1 Å². The zero-order valence-electron chi connectivity index (χ0n) is 8.83. The van der Waals surface area contributed by atoms with Crippen LogP contribution >= 0.6 is 27.5 Å². The Morgan fingerprint density at radius 1 is 1.53 bits per heavy atom. The highest BCUT2D eigenvalue weighted by atomic mass is 79.9. The molecule has 0 radical (unpaired) electrons. The molecule has 0 fully saturated rings. The van der Waals surface area contributed by atoms with Crippen molar-refractivity contribution in [3.8, 4) is 0 Å². The van der Waals surface area contributed by atoms with Gasteiger partial charge in [0.15, 0.2) is 0 Å². The Hall–Kier alpha value is -1.33. The van der Waals surface area contributed by atoms with Crippen molar-refractivity contribution in [3.05, 3.63) is 45.0 Å². The molecule has 0 aliphatic rings. The van der Waals surface area contributed by atoms with E-state index >= 15 is 0 Å². The number of rotatable bonds is 2. The van der Waals surface area contributed by atoms with Crippen LogP contribution in [-0.4, -0.2) is 11.1 Å². The molecule has 17 heavy (non-hydrogen) atoms. The first kappa shape index (κ1) is 12.1. The fourth-order valence-corrected chi connectivity index (χ4v) is 1.86. The summed E-state index contributed by atoms with van der Waals surface area (Å²) in [6.07, 6.45) is 0. The van der Waals surface area contributed by atoms with Gasteiger partial charge in [0.25, 0.3) is 5.91 Å². The van der Waals surface area contributed by atoms with Crippen LogP contribution in [0.2, 0.25) is 5.02 Å². The van der Waals surface area contributed by atoms with E-state index in [0.29, 0.717) is 26.6 Å². The number of carbonyl (C=O) groups excluding carboxylic acids is 1. The molecule has 1 N–H and O–H groups in total. The van der Waals surface area contributed by atoms with Crippen LogP contribution in [0.15, 0.2) is 33.3 Å². The van der Waals surface area contributed by atoms with Crippen molar-refractivity contribution >= 4 is 39.3 Å². The predicted molar refractivity (Wildman–Crippen MR) is 68.3 cm³/mol. The van der Waals surface area contributed by atoms with Gasteiger partial charge in [0.2, 0.25) is 5.88 Å². The molecule has 1 aromatic heterocycles. The van der Waals surface area contributed by atoms with E-state index in [4.69, 9.17) is 16.1 Å². The van der Waals surface area contributed by atoms with Crippen molar-refractivity contribution < 1.29 is 9.32 Å². The minimum Gasteiger partial charge on any atom is -0.338 e. The molecule has 0 saturated carbocycles. The molecule has 1 aromatic carbocycles. The minimum absolute atomic E-state index is 0.295. The maximum atomic E-state index is 11.9. The third kappa shape index (κ3) is 2.68. The average Bonchev–Trinajstić information content (AvgIpc) is 2.68. The summed E-state index contributed by atoms with van der Waals surface area (Å²) in [6.45, 7) is 1.77. The number of nitrogens with one attached hydrogen (secondary N) is 1. The lowest BCUT2D eigenvalue weighted by molar-refractivity contribution is 0.102. The highest BCUT2D eigenvalue weighted by molar-refractivity contribution is 9.10. The number of hydrogen-bond donors (Lipinski definition) is 1. The number of aromatic nitrogens is 1. The molecule has 0 saturated heterocycles. The van der Waals surface area contributed by atoms with Gasteiger partial charge in [0, 0.05) is 10.5 Å². The Balaban J connectivity index is 2.23. The van der Waals surface area contributed by atoms with E-state index < -0.39 is 0 Å². The lowest BCUT2D eigenvalue weighted by atomic mass is 10.2. The maximum Gasteiger partial charge on any atom is 0.259 e. The van der Waals surface area contributed by atoms with Gasteiger partial charge in [-0.2, -0.15) is 0 Å². The molecular weight excluding hydrogens is 307 g/mol. The summed E-state index contributed by atoms with van der Waals surface area (Å²) in [5.74, 6) is -0.0454. The van der Waals surface area contributed by atoms with Crippen molar-refractivity contribution in [1.82, 2.24) is 5.16 Å². The highest BCUT2D eigenvalue weighted by Crippen LogP contribution is 2.26. The van der Waals surface area contributed by atoms with Crippen LogP contribution in [-0.2, 0) is 0 Å². The first-order valence-electron chi connectivity index (χ1n) is 4.76. The summed E-state index contributed by atoms with van der Waals surface area (Å²) in [7, 11) is 0. The zero-order chi connectivity index (χ0) is 12.4. The van der Waals surface area contributed by atoms with Gasteiger partial charge < -0.3 is 4.52 Å². The number of nitrogens with zero attached hydrogens (tertiary/aromatic N) is 1. The molecule has 0 bridgehead atoms. The Bertz CT molecular complexity index is 568. The van der Waals surface area contributed by atoms with Crippen molar-refractivity contribution in [2.75, 3.05) is 5.32 Å². The third-order valence-electron chi connectivity index (χ3n) is 2.06. The number of halogens is 2. The first-order chi connectivity index (χ1) is 8.08. The number of carbonyl (C=O) groups is 1. The van der Waals surface area contributed by atoms with Crippen LogP contribution < -0.4 is 5.32 Å². The fraction of sp³-hybridized carbons (Fsp3) is 0.0909. The second kappa shape index (κ2) is 4.89. The SMILES string of the molecule is Cc1cc(NC(=O)c2cccc(Br)c2Cl)on1. The van der Waals surface area contributed by atoms with Crippen molar-refractivity contribution in [1.29, 1.82) is 0 Å². The Labute approximate surface area is 111 Å². The number of amides is 1. The molecule has 4 nitrogen and oxygen atoms in total. The molecular formula is C11H8BrClN2O2. The molecule has 2 aromatic rings. The number of anilines is 1. The average molecular weight is 316 g/mol. The third-order valence-corrected chi connectivity index (χ3v) is 3.36. The van der Waals surface area contributed by atoms with E-state index in [2.05, 4.69) is 26.4 Å². The zero-order valence-corrected chi connectivity index (χ0v) is 11.2. The summed E-state index contributed by atoms with van der Waals surface area (Å²) < 4.78 is 5.56. The summed E-state index contributed by atoms with van der Waals surface area (Å²) >= 11 is 9.26. The first-order valence-corrected chi connectivity index (χ1v) is 5.93. The molecule has 6 heteroatoms. The molecule has 1 amide bonds. The van der Waals surface area contributed by atoms with Gasteiger partial charge in [0.1, 0.15) is 0 Å². The largest absolute Gasteiger partial charge is 0.338 e. The van der Waals surface area contributed by atoms with E-state index in [0.717, 1.165) is 0 Å². The van der Waals surface area contributed by atoms with Crippen LogP contribution in [0.4, 0.5) is 5.88 Å². The van der Waals surface area contributed by atoms with Gasteiger partial charge >= 0.3 is 0 Å². The number of aryl methyl sites for hydroxylation is 1. The Morgan fingerprint density at radius 3 is 2.94 bits per heavy atom. The normalized spacial score (nSPS) is 10.3. The van der Waals surface area contributed by atoms with Crippen LogP contribution in [0, 0.1) is 6.92 Å². The van der Waals surface area contributed by atoms with E-state index in [1.54, 1.807) is 31.2 Å². The predicted octanol–water partition coefficient (Wildman–Crippen LogP) is 3.65. The monoisotopic (exact) mass is 314 g/mol. The van der Waals surface area contributed by atoms with Crippen molar-refractivity contribution in [3.63, 3.8) is 0 Å². The molecule has 1 heterocycles. The molecule has 0 aliphatic carbocycles. The molecule has 0 atom stereocenters. The van der Waals surface area contributed by atoms with Gasteiger partial charge in [-0.25, -0.2) is 0 Å². The van der Waals surface area contributed by atoms with E-state index in [1.807, 2.05) is 0 Å². The minimum atomic E-state index is -0.340. The lowest BCUT2D eigenvalue weighted by Gasteiger charge is -2.04. The van der Waals surface area contributed by atoms with Crippen LogP contribution in [0.25, 0.3) is 0 Å². The molecule has 0 unspecified atom stereocenters. The summed E-state index contributed by atoms with van der Waals surface area (Å²) in [5.41, 5.74) is 1.07. The molecule has 88 valence electrons. The Morgan fingerprint density at radius 2 is 2.29 bits per heavy atom. The summed E-state index contributed by atoms with van der Waals surface area (Å²) in [4.78, 5) is 11.9. The molecule has 0 spiro atoms. The molecule has 2 rings (SSSR count). The van der Waals surface area contributed by atoms with Crippen molar-refractivity contribution in [2.24, 2.45) is 0 Å². The van der Waals surface area contributed by atoms with Crippen molar-refractivity contribution in [2.45, 2.75) is 6.92 Å². The van der Waals surface area contributed by atoms with Crippen LogP contribution in [0.5, 0.6) is 0 Å². The number of benzene rings is 1. The molecule has 0 aliphatic heterocycles. The highest BCUT2D eigenvalue weighted by Gasteiger charge is 2.14. The van der Waals surface area contributed by atoms with Gasteiger partial charge in [-0.15, -0.1) is 0 Å². The van der Waals surface area contributed by atoms with Gasteiger partial charge in [0.05, 0.1) is 16.3 Å². The van der Waals surface area contributed by atoms with Gasteiger partial charge in [-0.05, 0) is 35.0 Å². The maximum absolute atomic E-state index is 11.9. The van der Waals surface area contributed by atoms with Crippen LogP contribution in [0.3, 0.4) is 0 Å². The van der Waals surface area contributed by atoms with E-state index in [9.17, 15) is 4.79 Å². The second-order valence-corrected chi connectivity index (χ2v) is 4.62. The Kier molecular flexibility index (Phi) is 3.49. The fourth-order valence-electron chi connectivity index (χ4n) is 1.28. The summed E-state index contributed by atoms with van der Waals surface area (Å²) in [5, 5.41) is 6.61. The second-order valence-electron chi connectivity index (χ2n) is 3.39. The summed E-state index contributed by atoms with van der Waals surface area (Å²) in [6, 6.07) is 6.75. The lowest BCUT2D eigenvalue weighted by Crippen LogP contribution is -2.11. The number of hydrogen-bond acceptors (Lipinski definition) is 3. The van der Waals surface area contributed by atoms with Gasteiger partial charge in [-0.3, -0.25) is 10.1 Å². The quantitative estimate of drug-likeness (QED) is 0.920. The van der Waals surface area contributed by atoms with E-state index in [-0.39, 0.29) is 5.91 Å². The standard InChI is InChI=1S/C11H8BrClN2O2/c1-6-5-9(17-15-6)14-11(16)7-3-2-4-8(12)10(7)13/h2-5H,1H3,(H,14,16). The smallest absolute Gasteiger partial charge is 0.259 e. The van der Waals surface area contributed by atoms with E-state index in [1.165, 1.54) is 0 Å². The topological polar surface area (TPSA) is 55.1 Å².